The van der Waals surface area contributed by atoms with E-state index in [9.17, 15) is 8.42 Å². The minimum atomic E-state index is -3.65. The minimum absolute atomic E-state index is 0.117. The van der Waals surface area contributed by atoms with E-state index in [0.29, 0.717) is 12.4 Å². The summed E-state index contributed by atoms with van der Waals surface area (Å²) in [5.41, 5.74) is 0.778. The molecular weight excluding hydrogens is 290 g/mol. The maximum atomic E-state index is 11.3. The number of benzene rings is 1. The van der Waals surface area contributed by atoms with Crippen LogP contribution in [0.4, 0.5) is 0 Å². The van der Waals surface area contributed by atoms with Crippen molar-refractivity contribution < 1.29 is 13.2 Å². The van der Waals surface area contributed by atoms with E-state index in [1.54, 1.807) is 12.1 Å². The molecule has 21 heavy (non-hydrogen) atoms. The number of hydrogen-bond donors (Lipinski definition) is 1. The van der Waals surface area contributed by atoms with Gasteiger partial charge in [0.25, 0.3) is 0 Å². The van der Waals surface area contributed by atoms with Crippen LogP contribution in [0.15, 0.2) is 23.1 Å². The summed E-state index contributed by atoms with van der Waals surface area (Å²) in [5.74, 6) is 0.705. The molecule has 0 saturated carbocycles. The lowest BCUT2D eigenvalue weighted by molar-refractivity contribution is 0.133. The molecule has 0 aliphatic carbocycles. The summed E-state index contributed by atoms with van der Waals surface area (Å²) in [5, 5.41) is 5.11. The van der Waals surface area contributed by atoms with Gasteiger partial charge in [-0.2, -0.15) is 0 Å². The van der Waals surface area contributed by atoms with Crippen molar-refractivity contribution in [1.29, 1.82) is 0 Å². The first-order valence-electron chi connectivity index (χ1n) is 7.03. The molecule has 1 aromatic rings. The molecule has 0 radical (unpaired) electrons. The van der Waals surface area contributed by atoms with E-state index in [-0.39, 0.29) is 4.90 Å². The fraction of sp³-hybridized carbons (Fsp3) is 0.571. The van der Waals surface area contributed by atoms with Gasteiger partial charge < -0.3 is 9.64 Å². The highest BCUT2D eigenvalue weighted by molar-refractivity contribution is 7.89. The first-order chi connectivity index (χ1) is 9.86. The van der Waals surface area contributed by atoms with Crippen LogP contribution in [-0.4, -0.2) is 64.6 Å². The van der Waals surface area contributed by atoms with Crippen LogP contribution in [0.25, 0.3) is 0 Å². The van der Waals surface area contributed by atoms with E-state index in [1.165, 1.54) is 6.07 Å². The van der Waals surface area contributed by atoms with Gasteiger partial charge in [0.2, 0.25) is 10.0 Å². The van der Waals surface area contributed by atoms with Gasteiger partial charge in [-0.05, 0) is 37.7 Å². The van der Waals surface area contributed by atoms with Crippen molar-refractivity contribution in [3.8, 4) is 5.75 Å². The molecule has 0 spiro atoms. The predicted molar refractivity (Wildman–Crippen MR) is 82.0 cm³/mol. The standard InChI is InChI=1S/C14H23N3O3S/c1-12-11-13(21(15,18)19)3-4-14(12)20-10-9-17-7-5-16(2)6-8-17/h3-4,11H,5-10H2,1-2H3,(H2,15,18,19). The molecule has 1 aromatic carbocycles. The Morgan fingerprint density at radius 1 is 1.24 bits per heavy atom. The van der Waals surface area contributed by atoms with Gasteiger partial charge in [-0.3, -0.25) is 4.90 Å². The molecule has 1 saturated heterocycles. The zero-order valence-corrected chi connectivity index (χ0v) is 13.4. The zero-order chi connectivity index (χ0) is 15.5. The number of likely N-dealkylation sites (N-methyl/N-ethyl adjacent to an activating group) is 1. The zero-order valence-electron chi connectivity index (χ0n) is 12.6. The first kappa shape index (κ1) is 16.2. The summed E-state index contributed by atoms with van der Waals surface area (Å²) in [6.45, 7) is 7.58. The summed E-state index contributed by atoms with van der Waals surface area (Å²) >= 11 is 0. The number of hydrogen-bond acceptors (Lipinski definition) is 5. The Kier molecular flexibility index (Phi) is 5.21. The normalized spacial score (nSPS) is 17.9. The maximum Gasteiger partial charge on any atom is 0.238 e. The molecule has 2 rings (SSSR count). The van der Waals surface area contributed by atoms with Crippen molar-refractivity contribution in [2.24, 2.45) is 5.14 Å². The quantitative estimate of drug-likeness (QED) is 0.844. The first-order valence-corrected chi connectivity index (χ1v) is 8.58. The fourth-order valence-corrected chi connectivity index (χ4v) is 2.92. The molecule has 118 valence electrons. The van der Waals surface area contributed by atoms with Crippen LogP contribution in [0.2, 0.25) is 0 Å². The molecule has 0 bridgehead atoms. The second-order valence-electron chi connectivity index (χ2n) is 5.47. The van der Waals surface area contributed by atoms with Crippen LogP contribution < -0.4 is 9.88 Å². The highest BCUT2D eigenvalue weighted by Crippen LogP contribution is 2.21. The third-order valence-corrected chi connectivity index (χ3v) is 4.65. The Labute approximate surface area is 126 Å². The van der Waals surface area contributed by atoms with Crippen LogP contribution in [0.5, 0.6) is 5.75 Å². The molecule has 1 fully saturated rings. The molecule has 0 atom stereocenters. The van der Waals surface area contributed by atoms with Gasteiger partial charge in [-0.25, -0.2) is 13.6 Å². The van der Waals surface area contributed by atoms with E-state index in [0.717, 1.165) is 38.3 Å². The number of sulfonamides is 1. The van der Waals surface area contributed by atoms with Gasteiger partial charge in [-0.1, -0.05) is 0 Å². The van der Waals surface area contributed by atoms with Crippen molar-refractivity contribution in [3.63, 3.8) is 0 Å². The van der Waals surface area contributed by atoms with Crippen molar-refractivity contribution in [1.82, 2.24) is 9.80 Å². The molecule has 0 unspecified atom stereocenters. The molecule has 1 heterocycles. The average Bonchev–Trinajstić information content (AvgIpc) is 2.41. The van der Waals surface area contributed by atoms with Crippen LogP contribution in [0.1, 0.15) is 5.56 Å². The molecule has 1 aliphatic rings. The Hall–Kier alpha value is -1.15. The summed E-state index contributed by atoms with van der Waals surface area (Å²) in [6, 6.07) is 4.69. The predicted octanol–water partition coefficient (Wildman–Crippen LogP) is 0.269. The van der Waals surface area contributed by atoms with Crippen LogP contribution in [-0.2, 0) is 10.0 Å². The van der Waals surface area contributed by atoms with Crippen molar-refractivity contribution >= 4 is 10.0 Å². The third-order valence-electron chi connectivity index (χ3n) is 3.74. The van der Waals surface area contributed by atoms with E-state index in [4.69, 9.17) is 9.88 Å². The van der Waals surface area contributed by atoms with Crippen molar-refractivity contribution in [2.45, 2.75) is 11.8 Å². The number of ether oxygens (including phenoxy) is 1. The molecular formula is C14H23N3O3S. The lowest BCUT2D eigenvalue weighted by Crippen LogP contribution is -2.45. The smallest absolute Gasteiger partial charge is 0.238 e. The lowest BCUT2D eigenvalue weighted by atomic mass is 10.2. The maximum absolute atomic E-state index is 11.3. The lowest BCUT2D eigenvalue weighted by Gasteiger charge is -2.32. The second kappa shape index (κ2) is 6.74. The molecule has 0 amide bonds. The molecule has 7 heteroatoms. The van der Waals surface area contributed by atoms with Gasteiger partial charge >= 0.3 is 0 Å². The number of primary sulfonamides is 1. The van der Waals surface area contributed by atoms with E-state index >= 15 is 0 Å². The summed E-state index contributed by atoms with van der Waals surface area (Å²) in [4.78, 5) is 4.80. The molecule has 6 nitrogen and oxygen atoms in total. The largest absolute Gasteiger partial charge is 0.492 e. The van der Waals surface area contributed by atoms with Crippen LogP contribution in [0, 0.1) is 6.92 Å². The SMILES string of the molecule is Cc1cc(S(N)(=O)=O)ccc1OCCN1CCN(C)CC1. The monoisotopic (exact) mass is 313 g/mol. The van der Waals surface area contributed by atoms with Crippen molar-refractivity contribution in [3.05, 3.63) is 23.8 Å². The second-order valence-corrected chi connectivity index (χ2v) is 7.03. The van der Waals surface area contributed by atoms with Gasteiger partial charge in [-0.15, -0.1) is 0 Å². The van der Waals surface area contributed by atoms with Crippen LogP contribution >= 0.6 is 0 Å². The summed E-state index contributed by atoms with van der Waals surface area (Å²) < 4.78 is 28.3. The number of aryl methyl sites for hydroxylation is 1. The van der Waals surface area contributed by atoms with Gasteiger partial charge in [0.15, 0.2) is 0 Å². The average molecular weight is 313 g/mol. The molecule has 0 aromatic heterocycles. The van der Waals surface area contributed by atoms with Gasteiger partial charge in [0.05, 0.1) is 4.90 Å². The Balaban J connectivity index is 1.86. The highest BCUT2D eigenvalue weighted by atomic mass is 32.2. The number of piperazine rings is 1. The number of rotatable bonds is 5. The minimum Gasteiger partial charge on any atom is -0.492 e. The summed E-state index contributed by atoms with van der Waals surface area (Å²) in [7, 11) is -1.52. The van der Waals surface area contributed by atoms with E-state index < -0.39 is 10.0 Å². The van der Waals surface area contributed by atoms with Crippen molar-refractivity contribution in [2.75, 3.05) is 46.4 Å². The van der Waals surface area contributed by atoms with E-state index in [1.807, 2.05) is 6.92 Å². The Morgan fingerprint density at radius 3 is 2.48 bits per heavy atom. The van der Waals surface area contributed by atoms with E-state index in [2.05, 4.69) is 16.8 Å². The van der Waals surface area contributed by atoms with Gasteiger partial charge in [0, 0.05) is 32.7 Å². The van der Waals surface area contributed by atoms with Gasteiger partial charge in [0.1, 0.15) is 12.4 Å². The molecule has 2 N–H and O–H groups in total. The Bertz CT molecular complexity index is 581. The topological polar surface area (TPSA) is 75.9 Å². The van der Waals surface area contributed by atoms with Crippen LogP contribution in [0.3, 0.4) is 0 Å². The third kappa shape index (κ3) is 4.67. The molecule has 1 aliphatic heterocycles. The number of nitrogens with two attached hydrogens (primary N) is 1. The fourth-order valence-electron chi connectivity index (χ4n) is 2.32. The number of nitrogens with zero attached hydrogens (tertiary/aromatic N) is 2. The highest BCUT2D eigenvalue weighted by Gasteiger charge is 2.14. The summed E-state index contributed by atoms with van der Waals surface area (Å²) in [6.07, 6.45) is 0. The Morgan fingerprint density at radius 2 is 1.90 bits per heavy atom.